The molecule has 1 heterocycles. The molecule has 0 spiro atoms. The number of carbonyl (C=O) groups is 2. The summed E-state index contributed by atoms with van der Waals surface area (Å²) in [4.78, 5) is 25.8. The van der Waals surface area contributed by atoms with Crippen LogP contribution < -0.4 is 15.4 Å². The Morgan fingerprint density at radius 1 is 1.14 bits per heavy atom. The lowest BCUT2D eigenvalue weighted by Gasteiger charge is -2.17. The van der Waals surface area contributed by atoms with Crippen molar-refractivity contribution in [3.8, 4) is 5.75 Å². The number of hydrogen-bond donors (Lipinski definition) is 2. The van der Waals surface area contributed by atoms with Crippen LogP contribution in [0.5, 0.6) is 5.75 Å². The summed E-state index contributed by atoms with van der Waals surface area (Å²) in [6.45, 7) is 1.65. The molecule has 1 atom stereocenters. The van der Waals surface area contributed by atoms with Gasteiger partial charge in [-0.25, -0.2) is 4.79 Å². The third-order valence-electron chi connectivity index (χ3n) is 4.90. The molecule has 0 saturated carbocycles. The molecule has 3 rings (SSSR count). The van der Waals surface area contributed by atoms with E-state index in [0.717, 1.165) is 18.6 Å². The van der Waals surface area contributed by atoms with Crippen LogP contribution in [0.2, 0.25) is 0 Å². The second kappa shape index (κ2) is 9.78. The molecule has 6 heteroatoms. The van der Waals surface area contributed by atoms with Crippen LogP contribution in [0.4, 0.5) is 10.5 Å². The van der Waals surface area contributed by atoms with E-state index in [-0.39, 0.29) is 17.9 Å². The fourth-order valence-corrected chi connectivity index (χ4v) is 3.34. The molecular formula is C22H27N3O3. The maximum atomic E-state index is 12.4. The van der Waals surface area contributed by atoms with E-state index in [1.807, 2.05) is 42.5 Å². The van der Waals surface area contributed by atoms with Gasteiger partial charge in [-0.2, -0.15) is 0 Å². The Morgan fingerprint density at radius 3 is 2.75 bits per heavy atom. The fourth-order valence-electron chi connectivity index (χ4n) is 3.34. The monoisotopic (exact) mass is 381 g/mol. The van der Waals surface area contributed by atoms with Gasteiger partial charge in [0, 0.05) is 31.9 Å². The van der Waals surface area contributed by atoms with Crippen molar-refractivity contribution >= 4 is 17.6 Å². The second-order valence-corrected chi connectivity index (χ2v) is 6.94. The number of benzene rings is 2. The first-order valence-electron chi connectivity index (χ1n) is 9.70. The number of amides is 3. The van der Waals surface area contributed by atoms with Crippen LogP contribution in [0.25, 0.3) is 0 Å². The molecule has 0 aliphatic carbocycles. The first kappa shape index (κ1) is 19.7. The lowest BCUT2D eigenvalue weighted by Crippen LogP contribution is -2.35. The number of hydrogen-bond acceptors (Lipinski definition) is 3. The number of carbonyl (C=O) groups excluding carboxylic acids is 2. The summed E-state index contributed by atoms with van der Waals surface area (Å²) in [6, 6.07) is 17.5. The Balaban J connectivity index is 1.45. The summed E-state index contributed by atoms with van der Waals surface area (Å²) in [5.74, 6) is 0.590. The SMILES string of the molecule is CNC(=O)C1CCN(C(=O)Nc2cccc(OCCCc3ccccc3)c2)C1. The molecular weight excluding hydrogens is 354 g/mol. The van der Waals surface area contributed by atoms with Crippen LogP contribution in [0, 0.1) is 5.92 Å². The van der Waals surface area contributed by atoms with Gasteiger partial charge >= 0.3 is 6.03 Å². The van der Waals surface area contributed by atoms with E-state index in [1.165, 1.54) is 5.56 Å². The Morgan fingerprint density at radius 2 is 1.96 bits per heavy atom. The third kappa shape index (κ3) is 5.49. The Kier molecular flexibility index (Phi) is 6.89. The summed E-state index contributed by atoms with van der Waals surface area (Å²) in [7, 11) is 1.62. The quantitative estimate of drug-likeness (QED) is 0.723. The minimum absolute atomic E-state index is 0.0128. The molecule has 0 bridgehead atoms. The highest BCUT2D eigenvalue weighted by Gasteiger charge is 2.30. The van der Waals surface area contributed by atoms with Gasteiger partial charge in [-0.15, -0.1) is 0 Å². The predicted octanol–water partition coefficient (Wildman–Crippen LogP) is 3.30. The third-order valence-corrected chi connectivity index (χ3v) is 4.90. The smallest absolute Gasteiger partial charge is 0.321 e. The zero-order valence-electron chi connectivity index (χ0n) is 16.2. The maximum absolute atomic E-state index is 12.4. The Hall–Kier alpha value is -3.02. The van der Waals surface area contributed by atoms with E-state index in [9.17, 15) is 9.59 Å². The molecule has 1 saturated heterocycles. The van der Waals surface area contributed by atoms with E-state index in [0.29, 0.717) is 31.8 Å². The molecule has 28 heavy (non-hydrogen) atoms. The molecule has 1 fully saturated rings. The Bertz CT molecular complexity index is 795. The van der Waals surface area contributed by atoms with Crippen LogP contribution >= 0.6 is 0 Å². The lowest BCUT2D eigenvalue weighted by molar-refractivity contribution is -0.124. The average molecular weight is 381 g/mol. The number of likely N-dealkylation sites (tertiary alicyclic amines) is 1. The van der Waals surface area contributed by atoms with Crippen LogP contribution in [-0.2, 0) is 11.2 Å². The molecule has 3 amide bonds. The first-order valence-corrected chi connectivity index (χ1v) is 9.70. The molecule has 0 aromatic heterocycles. The van der Waals surface area contributed by atoms with E-state index in [1.54, 1.807) is 11.9 Å². The van der Waals surface area contributed by atoms with Crippen molar-refractivity contribution in [3.05, 3.63) is 60.2 Å². The topological polar surface area (TPSA) is 70.7 Å². The van der Waals surface area contributed by atoms with Crippen molar-refractivity contribution in [1.29, 1.82) is 0 Å². The highest BCUT2D eigenvalue weighted by atomic mass is 16.5. The zero-order valence-corrected chi connectivity index (χ0v) is 16.2. The first-order chi connectivity index (χ1) is 13.7. The van der Waals surface area contributed by atoms with Gasteiger partial charge in [-0.3, -0.25) is 4.79 Å². The largest absolute Gasteiger partial charge is 0.494 e. The van der Waals surface area contributed by atoms with E-state index in [2.05, 4.69) is 22.8 Å². The fraction of sp³-hybridized carbons (Fsp3) is 0.364. The standard InChI is InChI=1S/C22H27N3O3/c1-23-21(26)18-12-13-25(16-18)22(27)24-19-10-5-11-20(15-19)28-14-6-9-17-7-3-2-4-8-17/h2-5,7-8,10-11,15,18H,6,9,12-14,16H2,1H3,(H,23,26)(H,24,27). The number of nitrogens with zero attached hydrogens (tertiary/aromatic N) is 1. The van der Waals surface area contributed by atoms with Gasteiger partial charge in [0.15, 0.2) is 0 Å². The van der Waals surface area contributed by atoms with Crippen LogP contribution in [0.3, 0.4) is 0 Å². The molecule has 6 nitrogen and oxygen atoms in total. The van der Waals surface area contributed by atoms with Crippen molar-refractivity contribution in [2.24, 2.45) is 5.92 Å². The van der Waals surface area contributed by atoms with Crippen molar-refractivity contribution in [2.45, 2.75) is 19.3 Å². The summed E-state index contributed by atoms with van der Waals surface area (Å²) in [5.41, 5.74) is 1.99. The van der Waals surface area contributed by atoms with Crippen molar-refractivity contribution in [1.82, 2.24) is 10.2 Å². The second-order valence-electron chi connectivity index (χ2n) is 6.94. The highest BCUT2D eigenvalue weighted by molar-refractivity contribution is 5.90. The van der Waals surface area contributed by atoms with E-state index < -0.39 is 0 Å². The molecule has 1 aliphatic heterocycles. The van der Waals surface area contributed by atoms with E-state index >= 15 is 0 Å². The van der Waals surface area contributed by atoms with Gasteiger partial charge in [-0.1, -0.05) is 36.4 Å². The normalized spacial score (nSPS) is 15.9. The van der Waals surface area contributed by atoms with Crippen LogP contribution in [-0.4, -0.2) is 43.6 Å². The predicted molar refractivity (Wildman–Crippen MR) is 109 cm³/mol. The van der Waals surface area contributed by atoms with Gasteiger partial charge in [-0.05, 0) is 37.0 Å². The summed E-state index contributed by atoms with van der Waals surface area (Å²) < 4.78 is 5.82. The van der Waals surface area contributed by atoms with E-state index in [4.69, 9.17) is 4.74 Å². The summed E-state index contributed by atoms with van der Waals surface area (Å²) >= 11 is 0. The number of aryl methyl sites for hydroxylation is 1. The summed E-state index contributed by atoms with van der Waals surface area (Å²) in [6.07, 6.45) is 2.59. The minimum atomic E-state index is -0.187. The molecule has 1 unspecified atom stereocenters. The molecule has 2 N–H and O–H groups in total. The number of anilines is 1. The van der Waals surface area contributed by atoms with Gasteiger partial charge in [0.1, 0.15) is 5.75 Å². The van der Waals surface area contributed by atoms with Gasteiger partial charge in [0.05, 0.1) is 12.5 Å². The van der Waals surface area contributed by atoms with Crippen molar-refractivity contribution < 1.29 is 14.3 Å². The zero-order chi connectivity index (χ0) is 19.8. The minimum Gasteiger partial charge on any atom is -0.494 e. The van der Waals surface area contributed by atoms with Gasteiger partial charge in [0.2, 0.25) is 5.91 Å². The van der Waals surface area contributed by atoms with Gasteiger partial charge in [0.25, 0.3) is 0 Å². The molecule has 148 valence electrons. The molecule has 1 aliphatic rings. The molecule has 2 aromatic carbocycles. The Labute approximate surface area is 165 Å². The van der Waals surface area contributed by atoms with Gasteiger partial charge < -0.3 is 20.3 Å². The molecule has 0 radical (unpaired) electrons. The number of ether oxygens (including phenoxy) is 1. The summed E-state index contributed by atoms with van der Waals surface area (Å²) in [5, 5.41) is 5.54. The number of rotatable bonds is 7. The van der Waals surface area contributed by atoms with Crippen molar-refractivity contribution in [3.63, 3.8) is 0 Å². The lowest BCUT2D eigenvalue weighted by atomic mass is 10.1. The van der Waals surface area contributed by atoms with Crippen LogP contribution in [0.1, 0.15) is 18.4 Å². The van der Waals surface area contributed by atoms with Crippen molar-refractivity contribution in [2.75, 3.05) is 32.1 Å². The molecule has 2 aromatic rings. The highest BCUT2D eigenvalue weighted by Crippen LogP contribution is 2.21. The van der Waals surface area contributed by atoms with Crippen LogP contribution in [0.15, 0.2) is 54.6 Å². The number of urea groups is 1. The number of nitrogens with one attached hydrogen (secondary N) is 2. The average Bonchev–Trinajstić information content (AvgIpc) is 3.22. The maximum Gasteiger partial charge on any atom is 0.321 e.